The van der Waals surface area contributed by atoms with Gasteiger partial charge in [0, 0.05) is 5.56 Å². The molecule has 2 aromatic carbocycles. The van der Waals surface area contributed by atoms with Gasteiger partial charge in [-0.2, -0.15) is 0 Å². The van der Waals surface area contributed by atoms with Crippen LogP contribution in [-0.2, 0) is 11.0 Å². The van der Waals surface area contributed by atoms with Crippen LogP contribution in [0, 0.1) is 0 Å². The van der Waals surface area contributed by atoms with Gasteiger partial charge in [0.1, 0.15) is 11.5 Å². The molecule has 120 valence electrons. The molecule has 0 fully saturated rings. The van der Waals surface area contributed by atoms with Gasteiger partial charge in [0.2, 0.25) is 5.90 Å². The molecule has 3 nitrogen and oxygen atoms in total. The zero-order valence-corrected chi connectivity index (χ0v) is 14.4. The summed E-state index contributed by atoms with van der Waals surface area (Å²) in [6.45, 7) is 8.50. The van der Waals surface area contributed by atoms with Crippen LogP contribution in [-0.4, -0.2) is 13.0 Å². The number of fused-ring (bicyclic) bond motifs is 1. The van der Waals surface area contributed by atoms with Gasteiger partial charge < -0.3 is 9.47 Å². The van der Waals surface area contributed by atoms with Crippen LogP contribution < -0.4 is 9.47 Å². The largest absolute Gasteiger partial charge is 0.497 e. The van der Waals surface area contributed by atoms with E-state index in [1.54, 1.807) is 7.11 Å². The minimum atomic E-state index is -0.358. The Morgan fingerprint density at radius 2 is 1.74 bits per heavy atom. The van der Waals surface area contributed by atoms with Crippen LogP contribution in [0.1, 0.15) is 38.8 Å². The van der Waals surface area contributed by atoms with Gasteiger partial charge in [0.05, 0.1) is 18.1 Å². The molecular weight excluding hydrogens is 286 g/mol. The summed E-state index contributed by atoms with van der Waals surface area (Å²) >= 11 is 0. The predicted molar refractivity (Wildman–Crippen MR) is 93.6 cm³/mol. The van der Waals surface area contributed by atoms with E-state index >= 15 is 0 Å². The summed E-state index contributed by atoms with van der Waals surface area (Å²) in [6.07, 6.45) is 0. The highest BCUT2D eigenvalue weighted by atomic mass is 16.5. The third kappa shape index (κ3) is 2.72. The van der Waals surface area contributed by atoms with Crippen LogP contribution in [0.5, 0.6) is 11.5 Å². The minimum absolute atomic E-state index is 0.295. The quantitative estimate of drug-likeness (QED) is 0.823. The van der Waals surface area contributed by atoms with Crippen molar-refractivity contribution in [2.75, 3.05) is 7.11 Å². The zero-order chi connectivity index (χ0) is 16.7. The Labute approximate surface area is 138 Å². The molecule has 0 aliphatic carbocycles. The number of nitrogens with zero attached hydrogens (tertiary/aromatic N) is 1. The van der Waals surface area contributed by atoms with Crippen molar-refractivity contribution in [2.45, 2.75) is 38.6 Å². The van der Waals surface area contributed by atoms with Crippen molar-refractivity contribution in [1.82, 2.24) is 0 Å². The van der Waals surface area contributed by atoms with Gasteiger partial charge in [-0.15, -0.1) is 0 Å². The number of methoxy groups -OCH3 is 1. The summed E-state index contributed by atoms with van der Waals surface area (Å²) < 4.78 is 11.5. The molecule has 0 atom stereocenters. The second-order valence-corrected chi connectivity index (χ2v) is 6.93. The van der Waals surface area contributed by atoms with Gasteiger partial charge >= 0.3 is 0 Å². The van der Waals surface area contributed by atoms with Crippen molar-refractivity contribution in [3.05, 3.63) is 59.7 Å². The van der Waals surface area contributed by atoms with E-state index in [0.29, 0.717) is 0 Å². The maximum absolute atomic E-state index is 6.18. The number of hydrogen-bond donors (Lipinski definition) is 0. The number of rotatable bonds is 3. The van der Waals surface area contributed by atoms with Gasteiger partial charge in [-0.05, 0) is 51.5 Å². The minimum Gasteiger partial charge on any atom is -0.497 e. The van der Waals surface area contributed by atoms with E-state index in [4.69, 9.17) is 14.5 Å². The number of aliphatic imine (C=N–C) groups is 1. The molecule has 0 aromatic heterocycles. The Bertz CT molecular complexity index is 745. The summed E-state index contributed by atoms with van der Waals surface area (Å²) in [5.74, 6) is 2.41. The van der Waals surface area contributed by atoms with Crippen LogP contribution in [0.2, 0.25) is 0 Å². The molecule has 3 heteroatoms. The first-order valence-corrected chi connectivity index (χ1v) is 7.87. The van der Waals surface area contributed by atoms with Crippen LogP contribution in [0.25, 0.3) is 0 Å². The zero-order valence-electron chi connectivity index (χ0n) is 14.4. The molecule has 0 saturated carbocycles. The molecule has 23 heavy (non-hydrogen) atoms. The van der Waals surface area contributed by atoms with Gasteiger partial charge in [0.15, 0.2) is 0 Å². The summed E-state index contributed by atoms with van der Waals surface area (Å²) in [7, 11) is 1.67. The maximum Gasteiger partial charge on any atom is 0.201 e. The smallest absolute Gasteiger partial charge is 0.201 e. The topological polar surface area (TPSA) is 30.8 Å². The number of hydrogen-bond acceptors (Lipinski definition) is 3. The van der Waals surface area contributed by atoms with Crippen LogP contribution in [0.4, 0.5) is 0 Å². The van der Waals surface area contributed by atoms with Crippen LogP contribution in [0.15, 0.2) is 53.5 Å². The lowest BCUT2D eigenvalue weighted by Gasteiger charge is -2.36. The molecule has 0 saturated heterocycles. The SMILES string of the molecule is COc1ccc2c(c1)C(C)(C)N=C(C(C)(C)c1ccccc1)O2. The van der Waals surface area contributed by atoms with Crippen molar-refractivity contribution in [3.63, 3.8) is 0 Å². The third-order valence-electron chi connectivity index (χ3n) is 4.46. The molecule has 1 heterocycles. The third-order valence-corrected chi connectivity index (χ3v) is 4.46. The molecule has 3 rings (SSSR count). The highest BCUT2D eigenvalue weighted by molar-refractivity contribution is 5.91. The Kier molecular flexibility index (Phi) is 3.67. The average molecular weight is 309 g/mol. The van der Waals surface area contributed by atoms with E-state index in [1.165, 1.54) is 5.56 Å². The summed E-state index contributed by atoms with van der Waals surface area (Å²) in [5, 5.41) is 0. The monoisotopic (exact) mass is 309 g/mol. The number of benzene rings is 2. The normalized spacial score (nSPS) is 16.1. The Morgan fingerprint density at radius 3 is 2.39 bits per heavy atom. The molecule has 2 aromatic rings. The lowest BCUT2D eigenvalue weighted by Crippen LogP contribution is -2.39. The fourth-order valence-electron chi connectivity index (χ4n) is 2.89. The molecule has 0 radical (unpaired) electrons. The Balaban J connectivity index is 2.06. The van der Waals surface area contributed by atoms with Crippen molar-refractivity contribution < 1.29 is 9.47 Å². The van der Waals surface area contributed by atoms with Crippen molar-refractivity contribution in [1.29, 1.82) is 0 Å². The van der Waals surface area contributed by atoms with E-state index < -0.39 is 0 Å². The molecule has 1 aliphatic heterocycles. The summed E-state index contributed by atoms with van der Waals surface area (Å²) in [4.78, 5) is 4.92. The van der Waals surface area contributed by atoms with Crippen molar-refractivity contribution in [3.8, 4) is 11.5 Å². The predicted octanol–water partition coefficient (Wildman–Crippen LogP) is 4.70. The Morgan fingerprint density at radius 1 is 1.04 bits per heavy atom. The molecule has 0 N–H and O–H groups in total. The van der Waals surface area contributed by atoms with Crippen molar-refractivity contribution >= 4 is 5.90 Å². The van der Waals surface area contributed by atoms with Crippen LogP contribution in [0.3, 0.4) is 0 Å². The molecule has 0 amide bonds. The second kappa shape index (κ2) is 5.41. The molecule has 0 spiro atoms. The molecule has 1 aliphatic rings. The van der Waals surface area contributed by atoms with Gasteiger partial charge in [0.25, 0.3) is 0 Å². The highest BCUT2D eigenvalue weighted by Crippen LogP contribution is 2.41. The molecular formula is C20H23NO2. The van der Waals surface area contributed by atoms with Gasteiger partial charge in [-0.25, -0.2) is 4.99 Å². The summed E-state index contributed by atoms with van der Waals surface area (Å²) in [5.41, 5.74) is 1.58. The standard InChI is InChI=1S/C20H23NO2/c1-19(2,14-9-7-6-8-10-14)18-21-20(3,4)16-13-15(22-5)11-12-17(16)23-18/h6-13H,1-5H3. The van der Waals surface area contributed by atoms with Crippen molar-refractivity contribution in [2.24, 2.45) is 4.99 Å². The van der Waals surface area contributed by atoms with Gasteiger partial charge in [-0.1, -0.05) is 30.3 Å². The summed E-state index contributed by atoms with van der Waals surface area (Å²) in [6, 6.07) is 16.2. The molecule has 0 bridgehead atoms. The first kappa shape index (κ1) is 15.6. The lowest BCUT2D eigenvalue weighted by atomic mass is 9.82. The number of ether oxygens (including phenoxy) is 2. The van der Waals surface area contributed by atoms with Crippen LogP contribution >= 0.6 is 0 Å². The fourth-order valence-corrected chi connectivity index (χ4v) is 2.89. The Hall–Kier alpha value is -2.29. The molecule has 0 unspecified atom stereocenters. The van der Waals surface area contributed by atoms with E-state index in [2.05, 4.69) is 39.8 Å². The van der Waals surface area contributed by atoms with Gasteiger partial charge in [-0.3, -0.25) is 0 Å². The van der Waals surface area contributed by atoms with E-state index in [-0.39, 0.29) is 11.0 Å². The van der Waals surface area contributed by atoms with E-state index in [1.807, 2.05) is 36.4 Å². The fraction of sp³-hybridized carbons (Fsp3) is 0.350. The average Bonchev–Trinajstić information content (AvgIpc) is 2.54. The highest BCUT2D eigenvalue weighted by Gasteiger charge is 2.37. The van der Waals surface area contributed by atoms with E-state index in [9.17, 15) is 0 Å². The van der Waals surface area contributed by atoms with E-state index in [0.717, 1.165) is 23.0 Å². The lowest BCUT2D eigenvalue weighted by molar-refractivity contribution is 0.387. The first-order chi connectivity index (χ1) is 10.8. The first-order valence-electron chi connectivity index (χ1n) is 7.87. The maximum atomic E-state index is 6.18. The second-order valence-electron chi connectivity index (χ2n) is 6.93.